The molecule has 134 valence electrons. The number of rotatable bonds is 4. The summed E-state index contributed by atoms with van der Waals surface area (Å²) in [6.07, 6.45) is 1.86. The largest absolute Gasteiger partial charge is 0.497 e. The van der Waals surface area contributed by atoms with Crippen LogP contribution in [-0.2, 0) is 4.79 Å². The van der Waals surface area contributed by atoms with Crippen molar-refractivity contribution in [3.63, 3.8) is 0 Å². The molecule has 0 aromatic heterocycles. The van der Waals surface area contributed by atoms with E-state index in [9.17, 15) is 4.79 Å². The van der Waals surface area contributed by atoms with Gasteiger partial charge in [-0.25, -0.2) is 0 Å². The number of thiocarbonyl (C=S) groups is 1. The molecule has 1 aliphatic rings. The van der Waals surface area contributed by atoms with E-state index in [1.54, 1.807) is 12.0 Å². The molecule has 0 saturated carbocycles. The van der Waals surface area contributed by atoms with Crippen LogP contribution in [0.4, 0.5) is 11.4 Å². The lowest BCUT2D eigenvalue weighted by Gasteiger charge is -2.16. The second kappa shape index (κ2) is 7.17. The van der Waals surface area contributed by atoms with Crippen molar-refractivity contribution in [2.75, 3.05) is 38.1 Å². The molecule has 0 aliphatic carbocycles. The Kier molecular flexibility index (Phi) is 4.95. The minimum atomic E-state index is -0.139. The second-order valence-corrected chi connectivity index (χ2v) is 6.56. The SMILES string of the molecule is COc1ccc(N2C(=O)/C(=C\c3ccc(N(C)C)cc3)N(C)C2=S)cc1. The minimum absolute atomic E-state index is 0.139. The van der Waals surface area contributed by atoms with Crippen LogP contribution in [0.15, 0.2) is 54.2 Å². The molecule has 1 aliphatic heterocycles. The Morgan fingerprint density at radius 2 is 1.65 bits per heavy atom. The van der Waals surface area contributed by atoms with Crippen molar-refractivity contribution in [1.82, 2.24) is 4.90 Å². The molecular weight excluding hydrogens is 346 g/mol. The zero-order valence-corrected chi connectivity index (χ0v) is 16.1. The van der Waals surface area contributed by atoms with Gasteiger partial charge in [0, 0.05) is 26.8 Å². The van der Waals surface area contributed by atoms with Gasteiger partial charge in [0.15, 0.2) is 5.11 Å². The highest BCUT2D eigenvalue weighted by atomic mass is 32.1. The predicted molar refractivity (Wildman–Crippen MR) is 110 cm³/mol. The summed E-state index contributed by atoms with van der Waals surface area (Å²) in [7, 11) is 7.40. The molecule has 2 aromatic carbocycles. The van der Waals surface area contributed by atoms with Gasteiger partial charge < -0.3 is 14.5 Å². The third-order valence-corrected chi connectivity index (χ3v) is 4.76. The van der Waals surface area contributed by atoms with Gasteiger partial charge in [-0.3, -0.25) is 9.69 Å². The number of nitrogens with zero attached hydrogens (tertiary/aromatic N) is 3. The lowest BCUT2D eigenvalue weighted by molar-refractivity contribution is -0.114. The standard InChI is InChI=1S/C20H21N3O2S/c1-21(2)15-7-5-14(6-8-15)13-18-19(24)23(20(26)22(18)3)16-9-11-17(25-4)12-10-16/h5-13H,1-4H3/b18-13+. The van der Waals surface area contributed by atoms with Crippen LogP contribution >= 0.6 is 12.2 Å². The van der Waals surface area contributed by atoms with Gasteiger partial charge in [0.1, 0.15) is 11.4 Å². The number of benzene rings is 2. The highest BCUT2D eigenvalue weighted by Gasteiger charge is 2.36. The first-order valence-electron chi connectivity index (χ1n) is 8.17. The van der Waals surface area contributed by atoms with Crippen LogP contribution in [0.1, 0.15) is 5.56 Å². The maximum atomic E-state index is 12.9. The third-order valence-electron chi connectivity index (χ3n) is 4.31. The molecule has 6 heteroatoms. The fourth-order valence-corrected chi connectivity index (χ4v) is 3.03. The highest BCUT2D eigenvalue weighted by molar-refractivity contribution is 7.80. The first-order chi connectivity index (χ1) is 12.4. The highest BCUT2D eigenvalue weighted by Crippen LogP contribution is 2.29. The van der Waals surface area contributed by atoms with Crippen molar-refractivity contribution in [2.24, 2.45) is 0 Å². The predicted octanol–water partition coefficient (Wildman–Crippen LogP) is 3.37. The van der Waals surface area contributed by atoms with Crippen LogP contribution in [-0.4, -0.2) is 44.2 Å². The average Bonchev–Trinajstić information content (AvgIpc) is 2.86. The first-order valence-corrected chi connectivity index (χ1v) is 8.58. The lowest BCUT2D eigenvalue weighted by atomic mass is 10.1. The molecule has 0 spiro atoms. The van der Waals surface area contributed by atoms with Gasteiger partial charge in [-0.2, -0.15) is 0 Å². The summed E-state index contributed by atoms with van der Waals surface area (Å²) in [5.74, 6) is 0.593. The van der Waals surface area contributed by atoms with E-state index in [2.05, 4.69) is 0 Å². The molecule has 1 saturated heterocycles. The molecular formula is C20H21N3O2S. The summed E-state index contributed by atoms with van der Waals surface area (Å²) < 4.78 is 5.17. The van der Waals surface area contributed by atoms with Crippen molar-refractivity contribution in [3.05, 3.63) is 59.8 Å². The molecule has 1 fully saturated rings. The lowest BCUT2D eigenvalue weighted by Crippen LogP contribution is -2.31. The van der Waals surface area contributed by atoms with Crippen LogP contribution in [0.3, 0.4) is 0 Å². The first kappa shape index (κ1) is 17.9. The molecule has 0 unspecified atom stereocenters. The maximum absolute atomic E-state index is 12.9. The summed E-state index contributed by atoms with van der Waals surface area (Å²) in [6, 6.07) is 15.3. The van der Waals surface area contributed by atoms with Gasteiger partial charge in [0.05, 0.1) is 12.8 Å². The number of hydrogen-bond donors (Lipinski definition) is 0. The number of hydrogen-bond acceptors (Lipinski definition) is 4. The van der Waals surface area contributed by atoms with Crippen molar-refractivity contribution in [1.29, 1.82) is 0 Å². The third kappa shape index (κ3) is 3.28. The Bertz CT molecular complexity index is 858. The Labute approximate surface area is 159 Å². The van der Waals surface area contributed by atoms with E-state index >= 15 is 0 Å². The van der Waals surface area contributed by atoms with E-state index in [4.69, 9.17) is 17.0 Å². The molecule has 1 amide bonds. The molecule has 5 nitrogen and oxygen atoms in total. The van der Waals surface area contributed by atoms with Crippen molar-refractivity contribution < 1.29 is 9.53 Å². The van der Waals surface area contributed by atoms with Crippen LogP contribution < -0.4 is 14.5 Å². The van der Waals surface area contributed by atoms with Gasteiger partial charge in [0.2, 0.25) is 0 Å². The molecule has 1 heterocycles. The fourth-order valence-electron chi connectivity index (χ4n) is 2.74. The quantitative estimate of drug-likeness (QED) is 0.612. The molecule has 0 atom stereocenters. The summed E-state index contributed by atoms with van der Waals surface area (Å²) in [5.41, 5.74) is 3.32. The summed E-state index contributed by atoms with van der Waals surface area (Å²) in [5, 5.41) is 0.455. The Balaban J connectivity index is 1.91. The number of carbonyl (C=O) groups excluding carboxylic acids is 1. The summed E-state index contributed by atoms with van der Waals surface area (Å²) in [4.78, 5) is 18.3. The molecule has 0 bridgehead atoms. The zero-order valence-electron chi connectivity index (χ0n) is 15.3. The molecule has 0 N–H and O–H groups in total. The number of carbonyl (C=O) groups is 1. The van der Waals surface area contributed by atoms with Gasteiger partial charge in [-0.05, 0) is 60.3 Å². The van der Waals surface area contributed by atoms with E-state index in [0.717, 1.165) is 22.7 Å². The molecule has 2 aromatic rings. The summed E-state index contributed by atoms with van der Waals surface area (Å²) >= 11 is 5.48. The van der Waals surface area contributed by atoms with Gasteiger partial charge >= 0.3 is 0 Å². The normalized spacial score (nSPS) is 15.8. The minimum Gasteiger partial charge on any atom is -0.497 e. The smallest absolute Gasteiger partial charge is 0.281 e. The van der Waals surface area contributed by atoms with E-state index in [1.165, 1.54) is 4.90 Å². The Morgan fingerprint density at radius 3 is 2.19 bits per heavy atom. The fraction of sp³-hybridized carbons (Fsp3) is 0.200. The monoisotopic (exact) mass is 367 g/mol. The van der Waals surface area contributed by atoms with E-state index in [1.807, 2.05) is 80.6 Å². The number of methoxy groups -OCH3 is 1. The van der Waals surface area contributed by atoms with Gasteiger partial charge in [0.25, 0.3) is 5.91 Å². The van der Waals surface area contributed by atoms with Crippen molar-refractivity contribution in [2.45, 2.75) is 0 Å². The molecule has 26 heavy (non-hydrogen) atoms. The molecule has 3 rings (SSSR count). The number of ether oxygens (including phenoxy) is 1. The Hall–Kier alpha value is -2.86. The van der Waals surface area contributed by atoms with E-state index < -0.39 is 0 Å². The van der Waals surface area contributed by atoms with Crippen molar-refractivity contribution >= 4 is 40.7 Å². The van der Waals surface area contributed by atoms with Crippen LogP contribution in [0.5, 0.6) is 5.75 Å². The Morgan fingerprint density at radius 1 is 1.04 bits per heavy atom. The van der Waals surface area contributed by atoms with Gasteiger partial charge in [-0.1, -0.05) is 12.1 Å². The van der Waals surface area contributed by atoms with Crippen LogP contribution in [0, 0.1) is 0 Å². The summed E-state index contributed by atoms with van der Waals surface area (Å²) in [6.45, 7) is 0. The van der Waals surface area contributed by atoms with Gasteiger partial charge in [-0.15, -0.1) is 0 Å². The van der Waals surface area contributed by atoms with E-state index in [-0.39, 0.29) is 5.91 Å². The van der Waals surface area contributed by atoms with Crippen molar-refractivity contribution in [3.8, 4) is 5.75 Å². The number of likely N-dealkylation sites (N-methyl/N-ethyl adjacent to an activating group) is 1. The van der Waals surface area contributed by atoms with E-state index in [0.29, 0.717) is 10.8 Å². The topological polar surface area (TPSA) is 36.0 Å². The molecule has 0 radical (unpaired) electrons. The maximum Gasteiger partial charge on any atom is 0.281 e. The number of anilines is 2. The average molecular weight is 367 g/mol. The second-order valence-electron chi connectivity index (χ2n) is 6.20. The van der Waals surface area contributed by atoms with Crippen LogP contribution in [0.25, 0.3) is 6.08 Å². The number of amides is 1. The van der Waals surface area contributed by atoms with Crippen LogP contribution in [0.2, 0.25) is 0 Å². The zero-order chi connectivity index (χ0) is 18.8.